The minimum atomic E-state index is -0.177. The van der Waals surface area contributed by atoms with E-state index in [1.807, 2.05) is 6.92 Å². The summed E-state index contributed by atoms with van der Waals surface area (Å²) in [5.74, 6) is 0. The van der Waals surface area contributed by atoms with Crippen molar-refractivity contribution in [3.05, 3.63) is 17.5 Å². The van der Waals surface area contributed by atoms with Gasteiger partial charge in [-0.3, -0.25) is 0 Å². The van der Waals surface area contributed by atoms with E-state index in [9.17, 15) is 0 Å². The van der Waals surface area contributed by atoms with Crippen molar-refractivity contribution in [1.82, 2.24) is 9.78 Å². The van der Waals surface area contributed by atoms with Crippen LogP contribution in [0.5, 0.6) is 0 Å². The van der Waals surface area contributed by atoms with Crippen LogP contribution in [-0.2, 0) is 13.3 Å². The van der Waals surface area contributed by atoms with Gasteiger partial charge >= 0.3 is 0 Å². The summed E-state index contributed by atoms with van der Waals surface area (Å²) in [5, 5.41) is 21.2. The first-order chi connectivity index (χ1) is 4.77. The van der Waals surface area contributed by atoms with E-state index in [1.165, 1.54) is 4.68 Å². The molecule has 0 bridgehead atoms. The molecule has 0 atom stereocenters. The predicted molar refractivity (Wildman–Crippen MR) is 35.1 cm³/mol. The monoisotopic (exact) mass is 142 g/mol. The van der Waals surface area contributed by atoms with Gasteiger partial charge < -0.3 is 10.2 Å². The lowest BCUT2D eigenvalue weighted by molar-refractivity contribution is 0.177. The summed E-state index contributed by atoms with van der Waals surface area (Å²) in [6.07, 6.45) is 0. The molecular weight excluding hydrogens is 132 g/mol. The molecule has 4 heteroatoms. The summed E-state index contributed by atoms with van der Waals surface area (Å²) in [7, 11) is 0. The molecule has 4 nitrogen and oxygen atoms in total. The summed E-state index contributed by atoms with van der Waals surface area (Å²) in [5.41, 5.74) is 1.44. The largest absolute Gasteiger partial charge is 0.390 e. The maximum atomic E-state index is 8.69. The summed E-state index contributed by atoms with van der Waals surface area (Å²) >= 11 is 0. The lowest BCUT2D eigenvalue weighted by atomic mass is 10.4. The van der Waals surface area contributed by atoms with Gasteiger partial charge in [-0.1, -0.05) is 0 Å². The predicted octanol–water partition coefficient (Wildman–Crippen LogP) is -0.366. The van der Waals surface area contributed by atoms with Crippen LogP contribution in [0.25, 0.3) is 0 Å². The highest BCUT2D eigenvalue weighted by Crippen LogP contribution is 2.01. The fourth-order valence-corrected chi connectivity index (χ4v) is 0.849. The first-order valence-corrected chi connectivity index (χ1v) is 3.03. The van der Waals surface area contributed by atoms with Crippen molar-refractivity contribution in [2.24, 2.45) is 0 Å². The number of rotatable bonds is 2. The molecule has 10 heavy (non-hydrogen) atoms. The maximum Gasteiger partial charge on any atom is 0.136 e. The van der Waals surface area contributed by atoms with E-state index in [2.05, 4.69) is 5.10 Å². The van der Waals surface area contributed by atoms with Gasteiger partial charge in [0, 0.05) is 0 Å². The minimum Gasteiger partial charge on any atom is -0.390 e. The summed E-state index contributed by atoms with van der Waals surface area (Å²) in [4.78, 5) is 0. The van der Waals surface area contributed by atoms with Gasteiger partial charge in [-0.25, -0.2) is 4.68 Å². The lowest BCUT2D eigenvalue weighted by Gasteiger charge is -1.97. The van der Waals surface area contributed by atoms with Crippen molar-refractivity contribution in [2.75, 3.05) is 0 Å². The van der Waals surface area contributed by atoms with Gasteiger partial charge in [0.05, 0.1) is 18.0 Å². The molecule has 0 amide bonds. The van der Waals surface area contributed by atoms with E-state index in [0.29, 0.717) is 5.69 Å². The molecule has 0 radical (unpaired) electrons. The van der Waals surface area contributed by atoms with E-state index in [0.717, 1.165) is 5.69 Å². The summed E-state index contributed by atoms with van der Waals surface area (Å²) in [6.45, 7) is 1.55. The van der Waals surface area contributed by atoms with E-state index in [1.54, 1.807) is 6.07 Å². The average molecular weight is 142 g/mol. The number of aliphatic hydroxyl groups is 2. The van der Waals surface area contributed by atoms with Gasteiger partial charge in [0.1, 0.15) is 6.73 Å². The van der Waals surface area contributed by atoms with Crippen LogP contribution in [-0.4, -0.2) is 20.0 Å². The SMILES string of the molecule is Cc1cc(CO)n(CO)n1. The molecule has 1 rings (SSSR count). The molecule has 0 aliphatic carbocycles. The molecule has 2 N–H and O–H groups in total. The molecule has 56 valence electrons. The molecule has 0 aliphatic heterocycles. The Morgan fingerprint density at radius 1 is 1.60 bits per heavy atom. The van der Waals surface area contributed by atoms with Crippen LogP contribution in [0.4, 0.5) is 0 Å². The Morgan fingerprint density at radius 2 is 2.30 bits per heavy atom. The zero-order valence-electron chi connectivity index (χ0n) is 5.78. The minimum absolute atomic E-state index is 0.0819. The Hall–Kier alpha value is -0.870. The molecule has 0 saturated heterocycles. The third kappa shape index (κ3) is 1.17. The highest BCUT2D eigenvalue weighted by atomic mass is 16.3. The fourth-order valence-electron chi connectivity index (χ4n) is 0.849. The Bertz CT molecular complexity index is 198. The van der Waals surface area contributed by atoms with Crippen LogP contribution in [0, 0.1) is 6.92 Å². The Balaban J connectivity index is 2.96. The van der Waals surface area contributed by atoms with E-state index in [-0.39, 0.29) is 13.3 Å². The number of aromatic nitrogens is 2. The third-order valence-corrected chi connectivity index (χ3v) is 1.28. The van der Waals surface area contributed by atoms with E-state index >= 15 is 0 Å². The molecule has 0 spiro atoms. The van der Waals surface area contributed by atoms with Gasteiger partial charge in [0.15, 0.2) is 0 Å². The maximum absolute atomic E-state index is 8.69. The molecule has 0 aromatic carbocycles. The summed E-state index contributed by atoms with van der Waals surface area (Å²) < 4.78 is 1.36. The number of nitrogens with zero attached hydrogens (tertiary/aromatic N) is 2. The van der Waals surface area contributed by atoms with Gasteiger partial charge in [0.2, 0.25) is 0 Å². The molecule has 1 heterocycles. The fraction of sp³-hybridized carbons (Fsp3) is 0.500. The smallest absolute Gasteiger partial charge is 0.136 e. The summed E-state index contributed by atoms with van der Waals surface area (Å²) in [6, 6.07) is 1.73. The molecule has 0 aliphatic rings. The van der Waals surface area contributed by atoms with Gasteiger partial charge in [0.25, 0.3) is 0 Å². The lowest BCUT2D eigenvalue weighted by Crippen LogP contribution is -2.03. The van der Waals surface area contributed by atoms with Gasteiger partial charge in [-0.2, -0.15) is 5.10 Å². The zero-order chi connectivity index (χ0) is 7.56. The molecule has 1 aromatic heterocycles. The van der Waals surface area contributed by atoms with Crippen LogP contribution in [0.15, 0.2) is 6.07 Å². The number of hydrogen-bond acceptors (Lipinski definition) is 3. The van der Waals surface area contributed by atoms with Crippen LogP contribution in [0.2, 0.25) is 0 Å². The van der Waals surface area contributed by atoms with E-state index < -0.39 is 0 Å². The van der Waals surface area contributed by atoms with Crippen LogP contribution < -0.4 is 0 Å². The topological polar surface area (TPSA) is 58.3 Å². The van der Waals surface area contributed by atoms with Crippen molar-refractivity contribution >= 4 is 0 Å². The Morgan fingerprint density at radius 3 is 2.70 bits per heavy atom. The van der Waals surface area contributed by atoms with E-state index in [4.69, 9.17) is 10.2 Å². The first-order valence-electron chi connectivity index (χ1n) is 3.03. The standard InChI is InChI=1S/C6H10N2O2/c1-5-2-6(3-9)8(4-10)7-5/h2,9-10H,3-4H2,1H3. The molecule has 0 fully saturated rings. The van der Waals surface area contributed by atoms with Crippen LogP contribution >= 0.6 is 0 Å². The molecular formula is C6H10N2O2. The highest BCUT2D eigenvalue weighted by molar-refractivity contribution is 5.07. The zero-order valence-corrected chi connectivity index (χ0v) is 5.78. The highest BCUT2D eigenvalue weighted by Gasteiger charge is 2.00. The van der Waals surface area contributed by atoms with Crippen molar-refractivity contribution in [3.8, 4) is 0 Å². The quantitative estimate of drug-likeness (QED) is 0.592. The Kier molecular flexibility index (Phi) is 2.03. The molecule has 0 saturated carbocycles. The van der Waals surface area contributed by atoms with Crippen LogP contribution in [0.1, 0.15) is 11.4 Å². The van der Waals surface area contributed by atoms with Crippen molar-refractivity contribution in [1.29, 1.82) is 0 Å². The third-order valence-electron chi connectivity index (χ3n) is 1.28. The molecule has 1 aromatic rings. The second-order valence-electron chi connectivity index (χ2n) is 2.08. The van der Waals surface area contributed by atoms with Crippen molar-refractivity contribution < 1.29 is 10.2 Å². The first kappa shape index (κ1) is 7.24. The van der Waals surface area contributed by atoms with Crippen molar-refractivity contribution in [2.45, 2.75) is 20.3 Å². The number of aryl methyl sites for hydroxylation is 1. The molecule has 0 unspecified atom stereocenters. The second kappa shape index (κ2) is 2.81. The Labute approximate surface area is 58.7 Å². The van der Waals surface area contributed by atoms with Gasteiger partial charge in [-0.15, -0.1) is 0 Å². The average Bonchev–Trinajstić information content (AvgIpc) is 2.30. The van der Waals surface area contributed by atoms with Crippen LogP contribution in [0.3, 0.4) is 0 Å². The van der Waals surface area contributed by atoms with Crippen molar-refractivity contribution in [3.63, 3.8) is 0 Å². The number of aliphatic hydroxyl groups excluding tert-OH is 2. The normalized spacial score (nSPS) is 10.3. The van der Waals surface area contributed by atoms with Gasteiger partial charge in [-0.05, 0) is 13.0 Å². The second-order valence-corrected chi connectivity index (χ2v) is 2.08. The number of hydrogen-bond donors (Lipinski definition) is 2.